The predicted octanol–water partition coefficient (Wildman–Crippen LogP) is 5.59. The number of benzene rings is 2. The Morgan fingerprint density at radius 3 is 2.63 bits per heavy atom. The zero-order chi connectivity index (χ0) is 18.8. The van der Waals surface area contributed by atoms with E-state index in [0.717, 1.165) is 16.6 Å². The van der Waals surface area contributed by atoms with E-state index < -0.39 is 0 Å². The molecule has 0 amide bonds. The molecule has 134 valence electrons. The summed E-state index contributed by atoms with van der Waals surface area (Å²) in [6.07, 6.45) is 0. The van der Waals surface area contributed by atoms with Crippen LogP contribution in [-0.4, -0.2) is 20.6 Å². The molecule has 0 fully saturated rings. The number of fused-ring (bicyclic) bond motifs is 1. The maximum Gasteiger partial charge on any atom is 0.255 e. The van der Waals surface area contributed by atoms with Crippen LogP contribution in [0.5, 0.6) is 0 Å². The van der Waals surface area contributed by atoms with Crippen LogP contribution in [0.1, 0.15) is 10.6 Å². The lowest BCUT2D eigenvalue weighted by Gasteiger charge is -1.99. The fraction of sp³-hybridized carbons (Fsp3) is 0. The van der Waals surface area contributed by atoms with Crippen LogP contribution >= 0.6 is 31.9 Å². The summed E-state index contributed by atoms with van der Waals surface area (Å²) in [5.74, 6) is 0.302. The Labute approximate surface area is 170 Å². The van der Waals surface area contributed by atoms with Crippen LogP contribution in [0.3, 0.4) is 0 Å². The Bertz CT molecular complexity index is 1120. The fourth-order valence-electron chi connectivity index (χ4n) is 2.55. The van der Waals surface area contributed by atoms with Crippen molar-refractivity contribution >= 4 is 59.1 Å². The summed E-state index contributed by atoms with van der Waals surface area (Å²) < 4.78 is 6.37. The van der Waals surface area contributed by atoms with Crippen LogP contribution < -0.4 is 5.43 Å². The number of hydrogen-bond acceptors (Lipinski definition) is 5. The van der Waals surface area contributed by atoms with E-state index in [4.69, 9.17) is 4.42 Å². The molecule has 27 heavy (non-hydrogen) atoms. The third-order valence-corrected chi connectivity index (χ3v) is 5.18. The van der Waals surface area contributed by atoms with Crippen molar-refractivity contribution in [2.24, 2.45) is 5.10 Å². The Kier molecular flexibility index (Phi) is 4.91. The molecule has 0 bridgehead atoms. The molecular formula is C19H12Br2N4O2. The van der Waals surface area contributed by atoms with E-state index in [9.17, 15) is 4.79 Å². The zero-order valence-electron chi connectivity index (χ0n) is 13.7. The molecule has 2 heterocycles. The molecule has 0 saturated heterocycles. The quantitative estimate of drug-likeness (QED) is 0.218. The first-order valence-electron chi connectivity index (χ1n) is 7.95. The Morgan fingerprint density at radius 1 is 1.11 bits per heavy atom. The first-order chi connectivity index (χ1) is 13.1. The summed E-state index contributed by atoms with van der Waals surface area (Å²) in [5, 5.41) is 12.1. The first-order valence-corrected chi connectivity index (χ1v) is 9.54. The predicted molar refractivity (Wildman–Crippen MR) is 112 cm³/mol. The molecule has 0 unspecified atom stereocenters. The van der Waals surface area contributed by atoms with Gasteiger partial charge in [-0.15, -0.1) is 0 Å². The molecule has 0 radical (unpaired) electrons. The number of para-hydroxylation sites is 1. The van der Waals surface area contributed by atoms with Crippen LogP contribution in [0, 0.1) is 0 Å². The fourth-order valence-corrected chi connectivity index (χ4v) is 3.33. The minimum Gasteiger partial charge on any atom is -0.452 e. The van der Waals surface area contributed by atoms with Gasteiger partial charge in [0.1, 0.15) is 5.58 Å². The van der Waals surface area contributed by atoms with E-state index >= 15 is 0 Å². The highest BCUT2D eigenvalue weighted by Crippen LogP contribution is 2.31. The number of aromatic amines is 1. The van der Waals surface area contributed by atoms with Gasteiger partial charge in [-0.2, -0.15) is 10.2 Å². The van der Waals surface area contributed by atoms with Crippen LogP contribution in [0.15, 0.2) is 74.7 Å². The molecule has 0 aliphatic rings. The summed E-state index contributed by atoms with van der Waals surface area (Å²) in [6, 6.07) is 18.9. The van der Waals surface area contributed by atoms with Crippen LogP contribution in [0.2, 0.25) is 0 Å². The topological polar surface area (TPSA) is 83.3 Å². The molecule has 0 atom stereocenters. The van der Waals surface area contributed by atoms with E-state index in [-0.39, 0.29) is 16.2 Å². The molecule has 0 spiro atoms. The minimum atomic E-state index is -0.367. The summed E-state index contributed by atoms with van der Waals surface area (Å²) >= 11 is 6.69. The summed E-state index contributed by atoms with van der Waals surface area (Å²) in [4.78, 5) is 12.5. The van der Waals surface area contributed by atoms with E-state index in [1.54, 1.807) is 12.1 Å². The third kappa shape index (κ3) is 3.58. The van der Waals surface area contributed by atoms with Crippen LogP contribution in [0.4, 0.5) is 5.82 Å². The smallest absolute Gasteiger partial charge is 0.255 e. The lowest BCUT2D eigenvalue weighted by Crippen LogP contribution is -2.08. The van der Waals surface area contributed by atoms with Gasteiger partial charge in [-0.1, -0.05) is 48.5 Å². The molecule has 2 N–H and O–H groups in total. The monoisotopic (exact) mass is 486 g/mol. The van der Waals surface area contributed by atoms with Gasteiger partial charge in [-0.3, -0.25) is 15.3 Å². The van der Waals surface area contributed by atoms with Gasteiger partial charge in [0.25, 0.3) is 5.78 Å². The second-order valence-electron chi connectivity index (χ2n) is 5.62. The maximum absolute atomic E-state index is 12.5. The van der Waals surface area contributed by atoms with Crippen molar-refractivity contribution < 1.29 is 9.21 Å². The molecule has 2 aromatic carbocycles. The lowest BCUT2D eigenvalue weighted by molar-refractivity contribution is 0.104. The van der Waals surface area contributed by atoms with Gasteiger partial charge in [0.2, 0.25) is 0 Å². The summed E-state index contributed by atoms with van der Waals surface area (Å²) in [7, 11) is 0. The maximum atomic E-state index is 12.5. The van der Waals surface area contributed by atoms with E-state index in [0.29, 0.717) is 15.9 Å². The highest BCUT2D eigenvalue weighted by atomic mass is 79.9. The molecular weight excluding hydrogens is 476 g/mol. The highest BCUT2D eigenvalue weighted by Gasteiger charge is 2.18. The van der Waals surface area contributed by atoms with Gasteiger partial charge in [0, 0.05) is 10.9 Å². The molecule has 0 aliphatic carbocycles. The second kappa shape index (κ2) is 7.50. The normalized spacial score (nSPS) is 11.7. The number of halogens is 2. The number of H-pyrrole nitrogens is 1. The van der Waals surface area contributed by atoms with Crippen molar-refractivity contribution in [3.8, 4) is 11.3 Å². The number of aromatic nitrogens is 2. The van der Waals surface area contributed by atoms with Gasteiger partial charge < -0.3 is 4.42 Å². The SMILES string of the molecule is O=C(/C(Br)=N/Nc1n[nH]c(-c2ccccc2)c1Br)c1cc2ccccc2o1. The molecule has 4 aromatic rings. The molecule has 0 saturated carbocycles. The minimum absolute atomic E-state index is 0.0812. The highest BCUT2D eigenvalue weighted by molar-refractivity contribution is 9.19. The number of carbonyl (C=O) groups is 1. The first kappa shape index (κ1) is 17.7. The summed E-state index contributed by atoms with van der Waals surface area (Å²) in [6.45, 7) is 0. The Morgan fingerprint density at radius 2 is 1.85 bits per heavy atom. The molecule has 0 aliphatic heterocycles. The number of nitrogens with one attached hydrogen (secondary N) is 2. The summed E-state index contributed by atoms with van der Waals surface area (Å²) in [5.41, 5.74) is 5.22. The van der Waals surface area contributed by atoms with Gasteiger partial charge in [0.05, 0.1) is 10.2 Å². The molecule has 8 heteroatoms. The van der Waals surface area contributed by atoms with Crippen molar-refractivity contribution in [1.82, 2.24) is 10.2 Å². The van der Waals surface area contributed by atoms with Crippen molar-refractivity contribution in [2.45, 2.75) is 0 Å². The average Bonchev–Trinajstić information content (AvgIpc) is 3.29. The zero-order valence-corrected chi connectivity index (χ0v) is 16.9. The number of anilines is 1. The number of carbonyl (C=O) groups excluding carboxylic acids is 1. The number of furan rings is 1. The lowest BCUT2D eigenvalue weighted by atomic mass is 10.2. The van der Waals surface area contributed by atoms with E-state index in [1.807, 2.05) is 48.5 Å². The second-order valence-corrected chi connectivity index (χ2v) is 7.16. The molecule has 4 rings (SSSR count). The van der Waals surface area contributed by atoms with Gasteiger partial charge >= 0.3 is 0 Å². The van der Waals surface area contributed by atoms with Crippen LogP contribution in [0.25, 0.3) is 22.2 Å². The number of hydrogen-bond donors (Lipinski definition) is 2. The third-order valence-electron chi connectivity index (χ3n) is 3.87. The Hall–Kier alpha value is -2.71. The Balaban J connectivity index is 1.54. The van der Waals surface area contributed by atoms with Crippen molar-refractivity contribution in [1.29, 1.82) is 0 Å². The average molecular weight is 488 g/mol. The van der Waals surface area contributed by atoms with Gasteiger partial charge in [-0.25, -0.2) is 0 Å². The largest absolute Gasteiger partial charge is 0.452 e. The van der Waals surface area contributed by atoms with Crippen molar-refractivity contribution in [3.05, 3.63) is 70.9 Å². The van der Waals surface area contributed by atoms with Crippen LogP contribution in [-0.2, 0) is 0 Å². The van der Waals surface area contributed by atoms with Gasteiger partial charge in [-0.05, 0) is 44.0 Å². The van der Waals surface area contributed by atoms with Crippen molar-refractivity contribution in [2.75, 3.05) is 5.43 Å². The van der Waals surface area contributed by atoms with E-state index in [2.05, 4.69) is 52.6 Å². The van der Waals surface area contributed by atoms with Gasteiger partial charge in [0.15, 0.2) is 16.2 Å². The number of ketones is 1. The number of hydrazone groups is 1. The standard InChI is InChI=1S/C19H12Br2N4O2/c20-15-16(11-6-2-1-3-7-11)22-24-19(15)25-23-18(21)17(26)14-10-12-8-4-5-9-13(12)27-14/h1-10H,(H2,22,24,25)/b23-18-. The number of Topliss-reactive ketones (excluding diaryl/α,β-unsaturated/α-hetero) is 1. The molecule has 6 nitrogen and oxygen atoms in total. The van der Waals surface area contributed by atoms with E-state index in [1.165, 1.54) is 0 Å². The van der Waals surface area contributed by atoms with Crippen molar-refractivity contribution in [3.63, 3.8) is 0 Å². The molecule has 2 aromatic heterocycles. The number of nitrogens with zero attached hydrogens (tertiary/aromatic N) is 2. The number of rotatable bonds is 5.